The van der Waals surface area contributed by atoms with Crippen LogP contribution in [0.15, 0.2) is 43.4 Å². The van der Waals surface area contributed by atoms with Gasteiger partial charge in [0, 0.05) is 20.1 Å². The third-order valence-corrected chi connectivity index (χ3v) is 7.64. The van der Waals surface area contributed by atoms with Gasteiger partial charge in [0.1, 0.15) is 0 Å². The maximum atomic E-state index is 4.94. The molecule has 0 saturated carbocycles. The van der Waals surface area contributed by atoms with E-state index in [0.717, 1.165) is 0 Å². The molecular formula is C12H10S5. The van der Waals surface area contributed by atoms with Crippen LogP contribution in [0.4, 0.5) is 0 Å². The lowest BCUT2D eigenvalue weighted by atomic mass is 9.94. The smallest absolute Gasteiger partial charge is 0.0273 e. The van der Waals surface area contributed by atoms with Gasteiger partial charge in [0.25, 0.3) is 0 Å². The van der Waals surface area contributed by atoms with Gasteiger partial charge in [-0.05, 0) is 48.0 Å². The zero-order chi connectivity index (χ0) is 11.7. The van der Waals surface area contributed by atoms with Crippen molar-refractivity contribution in [1.82, 2.24) is 0 Å². The van der Waals surface area contributed by atoms with Crippen LogP contribution in [0.2, 0.25) is 0 Å². The van der Waals surface area contributed by atoms with E-state index in [1.54, 1.807) is 10.9 Å². The molecule has 3 aliphatic rings. The minimum Gasteiger partial charge on any atom is -0.0887 e. The van der Waals surface area contributed by atoms with E-state index in [-0.39, 0.29) is 0 Å². The number of thiocarbonyl (C=S) groups is 1. The molecule has 0 spiro atoms. The first-order valence-electron chi connectivity index (χ1n) is 5.37. The third kappa shape index (κ3) is 2.45. The molecule has 0 N–H and O–H groups in total. The highest BCUT2D eigenvalue weighted by Gasteiger charge is 2.29. The predicted molar refractivity (Wildman–Crippen MR) is 89.1 cm³/mol. The highest BCUT2D eigenvalue weighted by molar-refractivity contribution is 8.80. The predicted octanol–water partition coefficient (Wildman–Crippen LogP) is 5.87. The van der Waals surface area contributed by atoms with Crippen LogP contribution in [0, 0.1) is 0 Å². The number of allylic oxidation sites excluding steroid dienone is 4. The Labute approximate surface area is 123 Å². The summed E-state index contributed by atoms with van der Waals surface area (Å²) in [6.45, 7) is 0. The van der Waals surface area contributed by atoms with Crippen molar-refractivity contribution >= 4 is 60.8 Å². The molecule has 1 aliphatic carbocycles. The quantitative estimate of drug-likeness (QED) is 0.336. The zero-order valence-corrected chi connectivity index (χ0v) is 13.1. The molecule has 0 radical (unpaired) electrons. The fraction of sp³-hybridized carbons (Fsp3) is 0.250. The Morgan fingerprint density at radius 3 is 2.76 bits per heavy atom. The topological polar surface area (TPSA) is 0 Å². The van der Waals surface area contributed by atoms with Crippen LogP contribution in [0.25, 0.3) is 0 Å². The fourth-order valence-corrected chi connectivity index (χ4v) is 7.24. The minimum atomic E-state index is 1.21. The molecule has 88 valence electrons. The van der Waals surface area contributed by atoms with Crippen LogP contribution in [0.1, 0.15) is 19.3 Å². The Balaban J connectivity index is 2.04. The lowest BCUT2D eigenvalue weighted by molar-refractivity contribution is 0.792. The average Bonchev–Trinajstić information content (AvgIpc) is 2.98. The molecule has 0 amide bonds. The van der Waals surface area contributed by atoms with E-state index in [2.05, 4.69) is 17.6 Å². The van der Waals surface area contributed by atoms with Gasteiger partial charge in [-0.1, -0.05) is 55.4 Å². The molecule has 0 aromatic heterocycles. The first-order valence-corrected chi connectivity index (χ1v) is 10.2. The summed E-state index contributed by atoms with van der Waals surface area (Å²) in [5.74, 6) is 0. The van der Waals surface area contributed by atoms with Gasteiger partial charge >= 0.3 is 0 Å². The lowest BCUT2D eigenvalue weighted by Crippen LogP contribution is -1.99. The number of hydrogen-bond donors (Lipinski definition) is 0. The summed E-state index contributed by atoms with van der Waals surface area (Å²) in [7, 11) is 7.50. The molecule has 0 nitrogen and oxygen atoms in total. The van der Waals surface area contributed by atoms with E-state index in [9.17, 15) is 0 Å². The summed E-state index contributed by atoms with van der Waals surface area (Å²) in [5, 5.41) is 3.92. The molecule has 2 heterocycles. The maximum Gasteiger partial charge on any atom is 0.0273 e. The minimum absolute atomic E-state index is 1.21. The zero-order valence-electron chi connectivity index (χ0n) is 8.97. The molecule has 2 aliphatic heterocycles. The molecule has 0 atom stereocenters. The standard InChI is InChI=1S/C12H10S5/c13-6-4-10-8-2-1-3-9(12(8)17-16-10)11-5-7-14-15-11/h4-7H,1-3H2/b10-4-,11-9-. The Hall–Kier alpha value is 0.450. The van der Waals surface area contributed by atoms with Crippen molar-refractivity contribution in [2.75, 3.05) is 0 Å². The van der Waals surface area contributed by atoms with Crippen molar-refractivity contribution in [3.63, 3.8) is 0 Å². The Morgan fingerprint density at radius 1 is 1.12 bits per heavy atom. The SMILES string of the molecule is S=C/C=C1\SSC2=C1CCC/C2=C1\C=CSS1. The van der Waals surface area contributed by atoms with Crippen molar-refractivity contribution in [3.8, 4) is 0 Å². The first-order chi connectivity index (χ1) is 8.40. The van der Waals surface area contributed by atoms with Crippen LogP contribution in [0.3, 0.4) is 0 Å². The van der Waals surface area contributed by atoms with Crippen molar-refractivity contribution in [1.29, 1.82) is 0 Å². The monoisotopic (exact) mass is 314 g/mol. The van der Waals surface area contributed by atoms with E-state index in [1.807, 2.05) is 43.2 Å². The van der Waals surface area contributed by atoms with Gasteiger partial charge in [-0.15, -0.1) is 0 Å². The van der Waals surface area contributed by atoms with Gasteiger partial charge in [0.15, 0.2) is 0 Å². The summed E-state index contributed by atoms with van der Waals surface area (Å²) in [5.41, 5.74) is 3.09. The van der Waals surface area contributed by atoms with Crippen molar-refractivity contribution in [2.45, 2.75) is 19.3 Å². The van der Waals surface area contributed by atoms with Gasteiger partial charge in [-0.2, -0.15) is 0 Å². The maximum absolute atomic E-state index is 4.94. The highest BCUT2D eigenvalue weighted by Crippen LogP contribution is 2.58. The van der Waals surface area contributed by atoms with Gasteiger partial charge in [0.2, 0.25) is 0 Å². The van der Waals surface area contributed by atoms with Gasteiger partial charge < -0.3 is 0 Å². The largest absolute Gasteiger partial charge is 0.0887 e. The van der Waals surface area contributed by atoms with Gasteiger partial charge in [-0.3, -0.25) is 0 Å². The van der Waals surface area contributed by atoms with Crippen molar-refractivity contribution in [3.05, 3.63) is 43.4 Å². The third-order valence-electron chi connectivity index (χ3n) is 2.84. The van der Waals surface area contributed by atoms with Crippen LogP contribution in [-0.4, -0.2) is 5.37 Å². The summed E-state index contributed by atoms with van der Waals surface area (Å²) in [6.07, 6.45) is 8.04. The van der Waals surface area contributed by atoms with Crippen LogP contribution >= 0.6 is 55.4 Å². The molecule has 3 rings (SSSR count). The van der Waals surface area contributed by atoms with Crippen LogP contribution < -0.4 is 0 Å². The van der Waals surface area contributed by atoms with Crippen LogP contribution in [-0.2, 0) is 0 Å². The molecule has 0 aromatic rings. The van der Waals surface area contributed by atoms with E-state index in [4.69, 9.17) is 12.2 Å². The molecule has 5 heteroatoms. The fourth-order valence-electron chi connectivity index (χ4n) is 2.10. The second-order valence-corrected chi connectivity index (χ2v) is 8.42. The van der Waals surface area contributed by atoms with E-state index in [0.29, 0.717) is 0 Å². The molecular weight excluding hydrogens is 304 g/mol. The van der Waals surface area contributed by atoms with Crippen molar-refractivity contribution in [2.24, 2.45) is 0 Å². The molecule has 0 saturated heterocycles. The van der Waals surface area contributed by atoms with Gasteiger partial charge in [0.05, 0.1) is 0 Å². The van der Waals surface area contributed by atoms with Gasteiger partial charge in [-0.25, -0.2) is 0 Å². The molecule has 0 bridgehead atoms. The van der Waals surface area contributed by atoms with Crippen LogP contribution in [0.5, 0.6) is 0 Å². The average molecular weight is 315 g/mol. The molecule has 0 unspecified atom stereocenters. The first kappa shape index (κ1) is 12.5. The second kappa shape index (κ2) is 5.61. The van der Waals surface area contributed by atoms with E-state index in [1.165, 1.54) is 39.6 Å². The summed E-state index contributed by atoms with van der Waals surface area (Å²) in [4.78, 5) is 4.34. The summed E-state index contributed by atoms with van der Waals surface area (Å²) in [6, 6.07) is 0. The van der Waals surface area contributed by atoms with Crippen molar-refractivity contribution < 1.29 is 0 Å². The molecule has 0 aromatic carbocycles. The second-order valence-electron chi connectivity index (χ2n) is 3.82. The lowest BCUT2D eigenvalue weighted by Gasteiger charge is -2.18. The Bertz CT molecular complexity index is 481. The highest BCUT2D eigenvalue weighted by atomic mass is 33.1. The molecule has 0 fully saturated rings. The number of hydrogen-bond acceptors (Lipinski definition) is 5. The normalized spacial score (nSPS) is 30.2. The number of rotatable bonds is 1. The molecule has 17 heavy (non-hydrogen) atoms. The van der Waals surface area contributed by atoms with E-state index < -0.39 is 0 Å². The Morgan fingerprint density at radius 2 is 2.00 bits per heavy atom. The van der Waals surface area contributed by atoms with E-state index >= 15 is 0 Å². The summed E-state index contributed by atoms with van der Waals surface area (Å²) < 4.78 is 0. The Kier molecular flexibility index (Phi) is 4.12. The summed E-state index contributed by atoms with van der Waals surface area (Å²) >= 11 is 4.94.